The maximum atomic E-state index is 13.1. The molecule has 0 saturated carbocycles. The average Bonchev–Trinajstić information content (AvgIpc) is 3.21. The summed E-state index contributed by atoms with van der Waals surface area (Å²) in [5.74, 6) is -1.36. The SMILES string of the molecule is O=C(c1ccccc1OC(F)F)N1CCC[C@H](C(=O)N2CCC3(CC2)OCCO3)C1. The maximum absolute atomic E-state index is 13.1. The second-order valence-corrected chi connectivity index (χ2v) is 7.90. The zero-order chi connectivity index (χ0) is 21.1. The highest BCUT2D eigenvalue weighted by Crippen LogP contribution is 2.33. The summed E-state index contributed by atoms with van der Waals surface area (Å²) in [5.41, 5.74) is 0.0846. The number of benzene rings is 1. The van der Waals surface area contributed by atoms with E-state index < -0.39 is 18.3 Å². The van der Waals surface area contributed by atoms with Crippen LogP contribution in [0, 0.1) is 5.92 Å². The zero-order valence-corrected chi connectivity index (χ0v) is 16.7. The smallest absolute Gasteiger partial charge is 0.387 e. The van der Waals surface area contributed by atoms with E-state index in [1.807, 2.05) is 4.90 Å². The summed E-state index contributed by atoms with van der Waals surface area (Å²) in [6.07, 6.45) is 2.68. The molecule has 3 saturated heterocycles. The van der Waals surface area contributed by atoms with Gasteiger partial charge in [-0.15, -0.1) is 0 Å². The number of carbonyl (C=O) groups excluding carboxylic acids is 2. The molecule has 0 bridgehead atoms. The number of carbonyl (C=O) groups is 2. The summed E-state index contributed by atoms with van der Waals surface area (Å²) in [6.45, 7) is 0.0493. The van der Waals surface area contributed by atoms with Gasteiger partial charge in [0.1, 0.15) is 5.75 Å². The molecule has 30 heavy (non-hydrogen) atoms. The Balaban J connectivity index is 1.39. The van der Waals surface area contributed by atoms with E-state index in [1.165, 1.54) is 18.2 Å². The van der Waals surface area contributed by atoms with Gasteiger partial charge in [-0.25, -0.2) is 0 Å². The number of para-hydroxylation sites is 1. The van der Waals surface area contributed by atoms with Gasteiger partial charge in [-0.05, 0) is 25.0 Å². The summed E-state index contributed by atoms with van der Waals surface area (Å²) >= 11 is 0. The number of rotatable bonds is 4. The monoisotopic (exact) mass is 424 g/mol. The minimum absolute atomic E-state index is 0.0254. The molecule has 0 aromatic heterocycles. The zero-order valence-electron chi connectivity index (χ0n) is 16.7. The molecule has 0 N–H and O–H groups in total. The van der Waals surface area contributed by atoms with Crippen molar-refractivity contribution in [2.45, 2.75) is 38.1 Å². The molecule has 2 amide bonds. The third-order valence-electron chi connectivity index (χ3n) is 6.04. The minimum atomic E-state index is -3.01. The molecule has 4 rings (SSSR count). The van der Waals surface area contributed by atoms with Gasteiger partial charge in [-0.3, -0.25) is 9.59 Å². The molecule has 0 radical (unpaired) electrons. The lowest BCUT2D eigenvalue weighted by atomic mass is 9.94. The fourth-order valence-electron chi connectivity index (χ4n) is 4.49. The maximum Gasteiger partial charge on any atom is 0.387 e. The second kappa shape index (κ2) is 8.85. The number of likely N-dealkylation sites (tertiary alicyclic amines) is 2. The van der Waals surface area contributed by atoms with Crippen molar-refractivity contribution in [3.8, 4) is 5.75 Å². The molecule has 3 heterocycles. The van der Waals surface area contributed by atoms with Gasteiger partial charge >= 0.3 is 6.61 Å². The summed E-state index contributed by atoms with van der Waals surface area (Å²) in [5, 5.41) is 0. The van der Waals surface area contributed by atoms with Crippen molar-refractivity contribution in [2.75, 3.05) is 39.4 Å². The van der Waals surface area contributed by atoms with Crippen molar-refractivity contribution >= 4 is 11.8 Å². The van der Waals surface area contributed by atoms with Crippen LogP contribution in [0.25, 0.3) is 0 Å². The van der Waals surface area contributed by atoms with Crippen LogP contribution in [-0.4, -0.2) is 73.4 Å². The van der Waals surface area contributed by atoms with Gasteiger partial charge in [0.05, 0.1) is 24.7 Å². The lowest BCUT2D eigenvalue weighted by Crippen LogP contribution is -2.51. The Kier molecular flexibility index (Phi) is 6.19. The van der Waals surface area contributed by atoms with Crippen LogP contribution in [0.4, 0.5) is 8.78 Å². The van der Waals surface area contributed by atoms with Crippen LogP contribution in [-0.2, 0) is 14.3 Å². The van der Waals surface area contributed by atoms with E-state index in [-0.39, 0.29) is 29.7 Å². The quantitative estimate of drug-likeness (QED) is 0.743. The van der Waals surface area contributed by atoms with Crippen molar-refractivity contribution in [1.82, 2.24) is 9.80 Å². The first-order valence-electron chi connectivity index (χ1n) is 10.4. The first-order valence-corrected chi connectivity index (χ1v) is 10.4. The Bertz CT molecular complexity index is 774. The molecule has 3 fully saturated rings. The molecule has 0 aliphatic carbocycles. The summed E-state index contributed by atoms with van der Waals surface area (Å²) in [6, 6.07) is 5.96. The van der Waals surface area contributed by atoms with Crippen LogP contribution in [0.3, 0.4) is 0 Å². The number of amides is 2. The molecule has 0 unspecified atom stereocenters. The first kappa shape index (κ1) is 21.0. The van der Waals surface area contributed by atoms with E-state index in [2.05, 4.69) is 4.74 Å². The number of hydrogen-bond acceptors (Lipinski definition) is 5. The predicted molar refractivity (Wildman–Crippen MR) is 102 cm³/mol. The topological polar surface area (TPSA) is 68.3 Å². The third kappa shape index (κ3) is 4.41. The third-order valence-corrected chi connectivity index (χ3v) is 6.04. The molecule has 3 aliphatic heterocycles. The van der Waals surface area contributed by atoms with Crippen LogP contribution < -0.4 is 4.74 Å². The largest absolute Gasteiger partial charge is 0.434 e. The minimum Gasteiger partial charge on any atom is -0.434 e. The van der Waals surface area contributed by atoms with Crippen LogP contribution in [0.5, 0.6) is 5.75 Å². The van der Waals surface area contributed by atoms with Gasteiger partial charge in [0, 0.05) is 39.0 Å². The summed E-state index contributed by atoms with van der Waals surface area (Å²) < 4.78 is 41.3. The molecular formula is C21H26F2N2O5. The Morgan fingerprint density at radius 3 is 2.47 bits per heavy atom. The Labute approximate surface area is 173 Å². The molecule has 1 aromatic carbocycles. The average molecular weight is 424 g/mol. The van der Waals surface area contributed by atoms with Gasteiger partial charge in [-0.2, -0.15) is 8.78 Å². The van der Waals surface area contributed by atoms with E-state index >= 15 is 0 Å². The van der Waals surface area contributed by atoms with Gasteiger partial charge in [0.25, 0.3) is 5.91 Å². The Morgan fingerprint density at radius 1 is 1.07 bits per heavy atom. The predicted octanol–water partition coefficient (Wildman–Crippen LogP) is 2.51. The van der Waals surface area contributed by atoms with Crippen molar-refractivity contribution in [1.29, 1.82) is 0 Å². The molecule has 7 nitrogen and oxygen atoms in total. The highest BCUT2D eigenvalue weighted by molar-refractivity contribution is 5.97. The van der Waals surface area contributed by atoms with E-state index in [1.54, 1.807) is 11.0 Å². The normalized spacial score (nSPS) is 23.8. The van der Waals surface area contributed by atoms with E-state index in [0.29, 0.717) is 58.5 Å². The van der Waals surface area contributed by atoms with Gasteiger partial charge in [0.15, 0.2) is 5.79 Å². The lowest BCUT2D eigenvalue weighted by Gasteiger charge is -2.40. The van der Waals surface area contributed by atoms with Crippen molar-refractivity contribution in [2.24, 2.45) is 5.92 Å². The second-order valence-electron chi connectivity index (χ2n) is 7.90. The lowest BCUT2D eigenvalue weighted by molar-refractivity contribution is -0.188. The molecule has 1 aromatic rings. The molecule has 3 aliphatic rings. The van der Waals surface area contributed by atoms with Crippen molar-refractivity contribution in [3.05, 3.63) is 29.8 Å². The number of halogens is 2. The van der Waals surface area contributed by atoms with E-state index in [4.69, 9.17) is 9.47 Å². The van der Waals surface area contributed by atoms with E-state index in [0.717, 1.165) is 0 Å². The number of alkyl halides is 2. The molecular weight excluding hydrogens is 398 g/mol. The van der Waals surface area contributed by atoms with Crippen LogP contribution >= 0.6 is 0 Å². The highest BCUT2D eigenvalue weighted by atomic mass is 19.3. The number of nitrogens with zero attached hydrogens (tertiary/aromatic N) is 2. The Hall–Kier alpha value is -2.26. The van der Waals surface area contributed by atoms with Crippen LogP contribution in [0.1, 0.15) is 36.0 Å². The highest BCUT2D eigenvalue weighted by Gasteiger charge is 2.42. The molecule has 1 spiro atoms. The molecule has 1 atom stereocenters. The van der Waals surface area contributed by atoms with Crippen molar-refractivity contribution < 1.29 is 32.6 Å². The van der Waals surface area contributed by atoms with Crippen LogP contribution in [0.2, 0.25) is 0 Å². The fourth-order valence-corrected chi connectivity index (χ4v) is 4.49. The number of ether oxygens (including phenoxy) is 3. The van der Waals surface area contributed by atoms with Crippen LogP contribution in [0.15, 0.2) is 24.3 Å². The van der Waals surface area contributed by atoms with E-state index in [9.17, 15) is 18.4 Å². The number of hydrogen-bond donors (Lipinski definition) is 0. The summed E-state index contributed by atoms with van der Waals surface area (Å²) in [4.78, 5) is 29.4. The van der Waals surface area contributed by atoms with Crippen molar-refractivity contribution in [3.63, 3.8) is 0 Å². The number of piperidine rings is 2. The standard InChI is InChI=1S/C21H26F2N2O5/c22-20(23)30-17-6-2-1-5-16(17)19(27)25-9-3-4-15(14-25)18(26)24-10-7-21(8-11-24)28-12-13-29-21/h1-2,5-6,15,20H,3-4,7-14H2/t15-/m0/s1. The first-order chi connectivity index (χ1) is 14.5. The molecule has 9 heteroatoms. The summed E-state index contributed by atoms with van der Waals surface area (Å²) in [7, 11) is 0. The molecule has 164 valence electrons. The Morgan fingerprint density at radius 2 is 1.77 bits per heavy atom. The van der Waals surface area contributed by atoms with Gasteiger partial charge in [-0.1, -0.05) is 12.1 Å². The van der Waals surface area contributed by atoms with Gasteiger partial charge < -0.3 is 24.0 Å². The van der Waals surface area contributed by atoms with Gasteiger partial charge in [0.2, 0.25) is 5.91 Å². The fraction of sp³-hybridized carbons (Fsp3) is 0.619.